The van der Waals surface area contributed by atoms with E-state index in [1.165, 1.54) is 0 Å². The molecular formula is C14H11Cl2N3O. The Balaban J connectivity index is 2.23. The first-order valence-electron chi connectivity index (χ1n) is 5.87. The van der Waals surface area contributed by atoms with Crippen LogP contribution >= 0.6 is 23.2 Å². The average Bonchev–Trinajstić information content (AvgIpc) is 2.75. The molecule has 1 aromatic heterocycles. The molecule has 0 fully saturated rings. The van der Waals surface area contributed by atoms with E-state index in [4.69, 9.17) is 33.7 Å². The minimum atomic E-state index is 0.378. The summed E-state index contributed by atoms with van der Waals surface area (Å²) in [6.07, 6.45) is 0. The minimum Gasteiger partial charge on any atom is -0.497 e. The lowest BCUT2D eigenvalue weighted by atomic mass is 10.2. The molecule has 0 amide bonds. The second-order valence-corrected chi connectivity index (χ2v) is 5.07. The summed E-state index contributed by atoms with van der Waals surface area (Å²) in [7, 11) is 1.62. The van der Waals surface area contributed by atoms with Crippen molar-refractivity contribution < 1.29 is 4.74 Å². The lowest BCUT2D eigenvalue weighted by molar-refractivity contribution is 0.415. The maximum atomic E-state index is 6.07. The number of nitrogens with two attached hydrogens (primary N) is 1. The molecule has 3 aromatic rings. The van der Waals surface area contributed by atoms with Crippen LogP contribution in [0.2, 0.25) is 10.0 Å². The molecule has 2 N–H and O–H groups in total. The summed E-state index contributed by atoms with van der Waals surface area (Å²) in [6, 6.07) is 11.0. The van der Waals surface area contributed by atoms with Crippen LogP contribution in [-0.4, -0.2) is 16.7 Å². The van der Waals surface area contributed by atoms with Crippen LogP contribution in [0.15, 0.2) is 36.4 Å². The predicted molar refractivity (Wildman–Crippen MR) is 82.1 cm³/mol. The van der Waals surface area contributed by atoms with E-state index >= 15 is 0 Å². The number of hydrogen-bond donors (Lipinski definition) is 1. The van der Waals surface area contributed by atoms with Crippen molar-refractivity contribution in [2.45, 2.75) is 0 Å². The molecule has 0 saturated heterocycles. The molecule has 3 rings (SSSR count). The molecule has 0 aliphatic carbocycles. The molecule has 20 heavy (non-hydrogen) atoms. The fourth-order valence-corrected chi connectivity index (χ4v) is 2.41. The van der Waals surface area contributed by atoms with Gasteiger partial charge in [-0.25, -0.2) is 4.98 Å². The largest absolute Gasteiger partial charge is 0.497 e. The molecule has 0 aliphatic rings. The minimum absolute atomic E-state index is 0.378. The summed E-state index contributed by atoms with van der Waals surface area (Å²) in [4.78, 5) is 4.30. The molecule has 0 saturated carbocycles. The van der Waals surface area contributed by atoms with Crippen molar-refractivity contribution in [2.75, 3.05) is 12.8 Å². The van der Waals surface area contributed by atoms with Crippen LogP contribution in [0.25, 0.3) is 16.7 Å². The summed E-state index contributed by atoms with van der Waals surface area (Å²) in [5.74, 6) is 1.15. The highest BCUT2D eigenvalue weighted by Crippen LogP contribution is 2.31. The molecule has 0 aliphatic heterocycles. The highest BCUT2D eigenvalue weighted by molar-refractivity contribution is 6.42. The molecular weight excluding hydrogens is 297 g/mol. The lowest BCUT2D eigenvalue weighted by Gasteiger charge is -2.08. The molecule has 102 valence electrons. The van der Waals surface area contributed by atoms with E-state index in [2.05, 4.69) is 4.98 Å². The van der Waals surface area contributed by atoms with E-state index in [9.17, 15) is 0 Å². The average molecular weight is 308 g/mol. The number of halogens is 2. The first-order chi connectivity index (χ1) is 9.60. The van der Waals surface area contributed by atoms with Gasteiger partial charge in [0, 0.05) is 5.69 Å². The molecule has 2 aromatic carbocycles. The number of benzene rings is 2. The number of rotatable bonds is 2. The normalized spacial score (nSPS) is 10.9. The Morgan fingerprint density at radius 1 is 1.10 bits per heavy atom. The summed E-state index contributed by atoms with van der Waals surface area (Å²) in [5, 5.41) is 0.923. The van der Waals surface area contributed by atoms with E-state index < -0.39 is 0 Å². The summed E-state index contributed by atoms with van der Waals surface area (Å²) in [5.41, 5.74) is 8.38. The second-order valence-electron chi connectivity index (χ2n) is 4.26. The highest BCUT2D eigenvalue weighted by atomic mass is 35.5. The Kier molecular flexibility index (Phi) is 3.20. The smallest absolute Gasteiger partial charge is 0.205 e. The summed E-state index contributed by atoms with van der Waals surface area (Å²) < 4.78 is 6.96. The van der Waals surface area contributed by atoms with Crippen molar-refractivity contribution in [3.63, 3.8) is 0 Å². The number of fused-ring (bicyclic) bond motifs is 1. The number of nitrogens with zero attached hydrogens (tertiary/aromatic N) is 2. The van der Waals surface area contributed by atoms with Gasteiger partial charge < -0.3 is 10.5 Å². The molecule has 4 nitrogen and oxygen atoms in total. The van der Waals surface area contributed by atoms with Gasteiger partial charge in [0.2, 0.25) is 5.95 Å². The molecule has 1 heterocycles. The monoisotopic (exact) mass is 307 g/mol. The zero-order chi connectivity index (χ0) is 14.3. The Morgan fingerprint density at radius 2 is 1.75 bits per heavy atom. The fraction of sp³-hybridized carbons (Fsp3) is 0.0714. The van der Waals surface area contributed by atoms with Gasteiger partial charge in [0.05, 0.1) is 28.2 Å². The number of nitrogen functional groups attached to an aromatic ring is 1. The van der Waals surface area contributed by atoms with Gasteiger partial charge >= 0.3 is 0 Å². The van der Waals surface area contributed by atoms with Crippen LogP contribution in [0.4, 0.5) is 5.95 Å². The molecule has 0 bridgehead atoms. The van der Waals surface area contributed by atoms with Gasteiger partial charge in [0.15, 0.2) is 0 Å². The van der Waals surface area contributed by atoms with Crippen LogP contribution in [0.1, 0.15) is 0 Å². The Morgan fingerprint density at radius 3 is 2.40 bits per heavy atom. The number of ether oxygens (including phenoxy) is 1. The highest BCUT2D eigenvalue weighted by Gasteiger charge is 2.12. The zero-order valence-electron chi connectivity index (χ0n) is 10.6. The van der Waals surface area contributed by atoms with Crippen molar-refractivity contribution in [1.82, 2.24) is 9.55 Å². The van der Waals surface area contributed by atoms with Gasteiger partial charge in [-0.2, -0.15) is 0 Å². The molecule has 6 heteroatoms. The lowest BCUT2D eigenvalue weighted by Crippen LogP contribution is -2.00. The third-order valence-corrected chi connectivity index (χ3v) is 3.78. The van der Waals surface area contributed by atoms with Gasteiger partial charge in [0.1, 0.15) is 5.75 Å². The molecule has 0 spiro atoms. The van der Waals surface area contributed by atoms with Crippen molar-refractivity contribution in [3.8, 4) is 11.4 Å². The van der Waals surface area contributed by atoms with Crippen LogP contribution < -0.4 is 10.5 Å². The fourth-order valence-electron chi connectivity index (χ4n) is 2.09. The SMILES string of the molecule is COc1ccc(-n2c(N)nc3cc(Cl)c(Cl)cc32)cc1. The molecule has 0 unspecified atom stereocenters. The van der Waals surface area contributed by atoms with Crippen LogP contribution in [-0.2, 0) is 0 Å². The second kappa shape index (κ2) is 4.89. The number of methoxy groups -OCH3 is 1. The van der Waals surface area contributed by atoms with Crippen molar-refractivity contribution in [3.05, 3.63) is 46.4 Å². The summed E-state index contributed by atoms with van der Waals surface area (Å²) >= 11 is 12.1. The van der Waals surface area contributed by atoms with Crippen molar-refractivity contribution in [1.29, 1.82) is 0 Å². The van der Waals surface area contributed by atoms with E-state index in [-0.39, 0.29) is 0 Å². The third-order valence-electron chi connectivity index (χ3n) is 3.05. The Labute approximate surface area is 125 Å². The van der Waals surface area contributed by atoms with E-state index in [1.54, 1.807) is 19.2 Å². The summed E-state index contributed by atoms with van der Waals surface area (Å²) in [6.45, 7) is 0. The quantitative estimate of drug-likeness (QED) is 0.780. The van der Waals surface area contributed by atoms with Crippen molar-refractivity contribution >= 4 is 40.2 Å². The first kappa shape index (κ1) is 13.1. The maximum absolute atomic E-state index is 6.07. The van der Waals surface area contributed by atoms with Gasteiger partial charge in [0.25, 0.3) is 0 Å². The van der Waals surface area contributed by atoms with Gasteiger partial charge in [-0.15, -0.1) is 0 Å². The topological polar surface area (TPSA) is 53.1 Å². The van der Waals surface area contributed by atoms with Gasteiger partial charge in [-0.05, 0) is 36.4 Å². The van der Waals surface area contributed by atoms with Gasteiger partial charge in [-0.1, -0.05) is 23.2 Å². The number of aromatic nitrogens is 2. The van der Waals surface area contributed by atoms with E-state index in [0.717, 1.165) is 17.0 Å². The zero-order valence-corrected chi connectivity index (χ0v) is 12.1. The third kappa shape index (κ3) is 2.07. The first-order valence-corrected chi connectivity index (χ1v) is 6.63. The standard InChI is InChI=1S/C14H11Cl2N3O/c1-20-9-4-2-8(3-5-9)19-13-7-11(16)10(15)6-12(13)18-14(19)17/h2-7H,1H3,(H2,17,18). The maximum Gasteiger partial charge on any atom is 0.205 e. The van der Waals surface area contributed by atoms with Crippen LogP contribution in [0.5, 0.6) is 5.75 Å². The number of hydrogen-bond acceptors (Lipinski definition) is 3. The molecule has 0 radical (unpaired) electrons. The number of anilines is 1. The Hall–Kier alpha value is -1.91. The predicted octanol–water partition coefficient (Wildman–Crippen LogP) is 3.92. The van der Waals surface area contributed by atoms with E-state index in [1.807, 2.05) is 28.8 Å². The van der Waals surface area contributed by atoms with Crippen LogP contribution in [0, 0.1) is 0 Å². The molecule has 0 atom stereocenters. The van der Waals surface area contributed by atoms with Crippen LogP contribution in [0.3, 0.4) is 0 Å². The van der Waals surface area contributed by atoms with E-state index in [0.29, 0.717) is 21.5 Å². The number of imidazole rings is 1. The van der Waals surface area contributed by atoms with Crippen molar-refractivity contribution in [2.24, 2.45) is 0 Å². The Bertz CT molecular complexity index is 781. The van der Waals surface area contributed by atoms with Gasteiger partial charge in [-0.3, -0.25) is 4.57 Å².